The molecule has 0 aliphatic rings. The number of hydrogen-bond donors (Lipinski definition) is 2. The third-order valence-electron chi connectivity index (χ3n) is 2.84. The van der Waals surface area contributed by atoms with Crippen LogP contribution in [0.1, 0.15) is 15.9 Å². The third-order valence-corrected chi connectivity index (χ3v) is 3.50. The molecule has 0 aromatic heterocycles. The Morgan fingerprint density at radius 2 is 1.81 bits per heavy atom. The highest BCUT2D eigenvalue weighted by Gasteiger charge is 2.09. The van der Waals surface area contributed by atoms with Crippen LogP contribution in [-0.4, -0.2) is 18.4 Å². The van der Waals surface area contributed by atoms with Crippen molar-refractivity contribution >= 4 is 33.4 Å². The molecule has 2 aromatic rings. The standard InChI is InChI=1S/C16H15BrN2O2/c1-11-7-8-14(13(17)9-11)19-15(20)10-18-16(21)12-5-3-2-4-6-12/h2-9H,10H2,1H3,(H,18,21)(H,19,20). The van der Waals surface area contributed by atoms with E-state index < -0.39 is 0 Å². The molecule has 21 heavy (non-hydrogen) atoms. The van der Waals surface area contributed by atoms with Gasteiger partial charge in [-0.25, -0.2) is 0 Å². The number of carbonyl (C=O) groups excluding carboxylic acids is 2. The van der Waals surface area contributed by atoms with Gasteiger partial charge in [-0.05, 0) is 52.7 Å². The Kier molecular flexibility index (Phi) is 5.11. The quantitative estimate of drug-likeness (QED) is 0.893. The third kappa shape index (κ3) is 4.43. The molecule has 2 amide bonds. The summed E-state index contributed by atoms with van der Waals surface area (Å²) in [6, 6.07) is 14.4. The number of amides is 2. The van der Waals surface area contributed by atoms with E-state index in [1.54, 1.807) is 24.3 Å². The van der Waals surface area contributed by atoms with Crippen LogP contribution in [0.2, 0.25) is 0 Å². The first kappa shape index (κ1) is 15.3. The van der Waals surface area contributed by atoms with E-state index in [1.807, 2.05) is 31.2 Å². The summed E-state index contributed by atoms with van der Waals surface area (Å²) in [6.45, 7) is 1.89. The van der Waals surface area contributed by atoms with E-state index in [0.29, 0.717) is 11.3 Å². The van der Waals surface area contributed by atoms with Crippen molar-refractivity contribution in [3.05, 3.63) is 64.1 Å². The molecule has 0 atom stereocenters. The Morgan fingerprint density at radius 1 is 1.10 bits per heavy atom. The van der Waals surface area contributed by atoms with Gasteiger partial charge in [-0.1, -0.05) is 24.3 Å². The summed E-state index contributed by atoms with van der Waals surface area (Å²) in [7, 11) is 0. The molecule has 0 fully saturated rings. The van der Waals surface area contributed by atoms with E-state index >= 15 is 0 Å². The average Bonchev–Trinajstić information content (AvgIpc) is 2.48. The minimum Gasteiger partial charge on any atom is -0.343 e. The number of carbonyl (C=O) groups is 2. The Hall–Kier alpha value is -2.14. The molecular formula is C16H15BrN2O2. The summed E-state index contributed by atoms with van der Waals surface area (Å²) in [6.07, 6.45) is 0. The minimum absolute atomic E-state index is 0.0754. The monoisotopic (exact) mass is 346 g/mol. The Labute approximate surface area is 131 Å². The van der Waals surface area contributed by atoms with Gasteiger partial charge in [-0.2, -0.15) is 0 Å². The predicted molar refractivity (Wildman–Crippen MR) is 86.3 cm³/mol. The van der Waals surface area contributed by atoms with Crippen LogP contribution in [0.5, 0.6) is 0 Å². The Morgan fingerprint density at radius 3 is 2.48 bits per heavy atom. The molecule has 0 radical (unpaired) electrons. The molecule has 5 heteroatoms. The molecule has 0 aliphatic carbocycles. The summed E-state index contributed by atoms with van der Waals surface area (Å²) in [5, 5.41) is 5.33. The van der Waals surface area contributed by atoms with E-state index in [2.05, 4.69) is 26.6 Å². The largest absolute Gasteiger partial charge is 0.343 e. The number of nitrogens with one attached hydrogen (secondary N) is 2. The van der Waals surface area contributed by atoms with Crippen molar-refractivity contribution in [1.29, 1.82) is 0 Å². The first-order chi connectivity index (χ1) is 10.1. The number of aryl methyl sites for hydroxylation is 1. The molecule has 0 bridgehead atoms. The normalized spacial score (nSPS) is 10.0. The van der Waals surface area contributed by atoms with Crippen molar-refractivity contribution in [1.82, 2.24) is 5.32 Å². The van der Waals surface area contributed by atoms with Crippen LogP contribution < -0.4 is 10.6 Å². The molecule has 0 unspecified atom stereocenters. The lowest BCUT2D eigenvalue weighted by Crippen LogP contribution is -2.32. The molecule has 2 rings (SSSR count). The van der Waals surface area contributed by atoms with Gasteiger partial charge in [0.1, 0.15) is 0 Å². The molecule has 2 N–H and O–H groups in total. The highest BCUT2D eigenvalue weighted by Crippen LogP contribution is 2.23. The van der Waals surface area contributed by atoms with Crippen LogP contribution >= 0.6 is 15.9 Å². The molecule has 0 aliphatic heterocycles. The molecule has 108 valence electrons. The van der Waals surface area contributed by atoms with Crippen molar-refractivity contribution in [3.8, 4) is 0 Å². The smallest absolute Gasteiger partial charge is 0.251 e. The van der Waals surface area contributed by atoms with Crippen molar-refractivity contribution in [3.63, 3.8) is 0 Å². The highest BCUT2D eigenvalue weighted by atomic mass is 79.9. The zero-order valence-electron chi connectivity index (χ0n) is 11.5. The lowest BCUT2D eigenvalue weighted by atomic mass is 10.2. The van der Waals surface area contributed by atoms with E-state index in [9.17, 15) is 9.59 Å². The predicted octanol–water partition coefficient (Wildman–Crippen LogP) is 3.13. The number of halogens is 1. The summed E-state index contributed by atoms with van der Waals surface area (Å²) < 4.78 is 0.810. The van der Waals surface area contributed by atoms with Gasteiger partial charge in [0.2, 0.25) is 5.91 Å². The number of rotatable bonds is 4. The first-order valence-corrected chi connectivity index (χ1v) is 7.25. The molecule has 0 spiro atoms. The summed E-state index contributed by atoms with van der Waals surface area (Å²) >= 11 is 3.39. The maximum Gasteiger partial charge on any atom is 0.251 e. The zero-order valence-corrected chi connectivity index (χ0v) is 13.1. The SMILES string of the molecule is Cc1ccc(NC(=O)CNC(=O)c2ccccc2)c(Br)c1. The topological polar surface area (TPSA) is 58.2 Å². The van der Waals surface area contributed by atoms with E-state index in [4.69, 9.17) is 0 Å². The molecule has 0 saturated carbocycles. The van der Waals surface area contributed by atoms with Gasteiger partial charge < -0.3 is 10.6 Å². The molecule has 0 heterocycles. The number of anilines is 1. The molecular weight excluding hydrogens is 332 g/mol. The van der Waals surface area contributed by atoms with Gasteiger partial charge in [0.05, 0.1) is 12.2 Å². The lowest BCUT2D eigenvalue weighted by molar-refractivity contribution is -0.115. The highest BCUT2D eigenvalue weighted by molar-refractivity contribution is 9.10. The fourth-order valence-corrected chi connectivity index (χ4v) is 2.36. The molecule has 4 nitrogen and oxygen atoms in total. The van der Waals surface area contributed by atoms with E-state index in [0.717, 1.165) is 10.0 Å². The van der Waals surface area contributed by atoms with Crippen LogP contribution in [0.3, 0.4) is 0 Å². The lowest BCUT2D eigenvalue weighted by Gasteiger charge is -2.09. The fourth-order valence-electron chi connectivity index (χ4n) is 1.77. The van der Waals surface area contributed by atoms with Crippen molar-refractivity contribution in [2.45, 2.75) is 6.92 Å². The number of benzene rings is 2. The Bertz CT molecular complexity index is 657. The first-order valence-electron chi connectivity index (χ1n) is 6.45. The van der Waals surface area contributed by atoms with E-state index in [1.165, 1.54) is 0 Å². The van der Waals surface area contributed by atoms with Gasteiger partial charge in [0.25, 0.3) is 5.91 Å². The molecule has 0 saturated heterocycles. The van der Waals surface area contributed by atoms with Crippen molar-refractivity contribution < 1.29 is 9.59 Å². The van der Waals surface area contributed by atoms with Crippen LogP contribution in [-0.2, 0) is 4.79 Å². The maximum absolute atomic E-state index is 11.8. The Balaban J connectivity index is 1.89. The summed E-state index contributed by atoms with van der Waals surface area (Å²) in [5.74, 6) is -0.544. The second-order valence-corrected chi connectivity index (χ2v) is 5.43. The van der Waals surface area contributed by atoms with Crippen LogP contribution in [0.4, 0.5) is 5.69 Å². The van der Waals surface area contributed by atoms with Gasteiger partial charge in [-0.3, -0.25) is 9.59 Å². The minimum atomic E-state index is -0.274. The van der Waals surface area contributed by atoms with E-state index in [-0.39, 0.29) is 18.4 Å². The van der Waals surface area contributed by atoms with Crippen LogP contribution in [0.15, 0.2) is 53.0 Å². The van der Waals surface area contributed by atoms with Crippen molar-refractivity contribution in [2.24, 2.45) is 0 Å². The van der Waals surface area contributed by atoms with Crippen LogP contribution in [0, 0.1) is 6.92 Å². The second-order valence-electron chi connectivity index (χ2n) is 4.58. The zero-order chi connectivity index (χ0) is 15.2. The van der Waals surface area contributed by atoms with Gasteiger partial charge >= 0.3 is 0 Å². The van der Waals surface area contributed by atoms with Gasteiger partial charge in [-0.15, -0.1) is 0 Å². The van der Waals surface area contributed by atoms with Gasteiger partial charge in [0.15, 0.2) is 0 Å². The number of hydrogen-bond acceptors (Lipinski definition) is 2. The van der Waals surface area contributed by atoms with Crippen molar-refractivity contribution in [2.75, 3.05) is 11.9 Å². The fraction of sp³-hybridized carbons (Fsp3) is 0.125. The average molecular weight is 347 g/mol. The van der Waals surface area contributed by atoms with Crippen LogP contribution in [0.25, 0.3) is 0 Å². The summed E-state index contributed by atoms with van der Waals surface area (Å²) in [4.78, 5) is 23.7. The molecule has 2 aromatic carbocycles. The second kappa shape index (κ2) is 7.04. The maximum atomic E-state index is 11.8. The van der Waals surface area contributed by atoms with Gasteiger partial charge in [0, 0.05) is 10.0 Å². The summed E-state index contributed by atoms with van der Waals surface area (Å²) in [5.41, 5.74) is 2.30.